The first-order valence-electron chi connectivity index (χ1n) is 8.74. The van der Waals surface area contributed by atoms with Crippen molar-refractivity contribution in [3.8, 4) is 0 Å². The average molecular weight is 360 g/mol. The Kier molecular flexibility index (Phi) is 6.63. The van der Waals surface area contributed by atoms with Gasteiger partial charge in [-0.25, -0.2) is 0 Å². The van der Waals surface area contributed by atoms with Gasteiger partial charge >= 0.3 is 5.97 Å². The second-order valence-corrected chi connectivity index (χ2v) is 6.94. The zero-order chi connectivity index (χ0) is 17.0. The minimum absolute atomic E-state index is 0. The van der Waals surface area contributed by atoms with Crippen molar-refractivity contribution in [3.63, 3.8) is 0 Å². The molecule has 0 aliphatic carbocycles. The van der Waals surface area contributed by atoms with E-state index in [0.717, 1.165) is 37.1 Å². The van der Waals surface area contributed by atoms with Crippen molar-refractivity contribution in [1.29, 1.82) is 0 Å². The maximum Gasteiger partial charge on any atom is 0.321 e. The lowest BCUT2D eigenvalue weighted by molar-refractivity contribution is -0.888. The number of hydrogen-bond donors (Lipinski definition) is 1. The summed E-state index contributed by atoms with van der Waals surface area (Å²) in [4.78, 5) is 14.6. The van der Waals surface area contributed by atoms with Crippen molar-refractivity contribution in [2.75, 3.05) is 20.1 Å². The Morgan fingerprint density at radius 1 is 1.04 bits per heavy atom. The summed E-state index contributed by atoms with van der Waals surface area (Å²) in [5, 5.41) is 0. The lowest BCUT2D eigenvalue weighted by Gasteiger charge is -2.33. The maximum absolute atomic E-state index is 13.2. The van der Waals surface area contributed by atoms with Gasteiger partial charge in [0.15, 0.2) is 6.10 Å². The van der Waals surface area contributed by atoms with Crippen LogP contribution in [0.1, 0.15) is 30.9 Å². The SMILES string of the molecule is C[NH+]1CCCC(OC(=O)C(C)(c2ccccc2)c2ccccc2)C1.[Cl-]. The number of hydrogen-bond acceptors (Lipinski definition) is 2. The Bertz CT molecular complexity index is 635. The minimum Gasteiger partial charge on any atom is -1.00 e. The van der Waals surface area contributed by atoms with E-state index >= 15 is 0 Å². The third-order valence-electron chi connectivity index (χ3n) is 5.09. The predicted molar refractivity (Wildman–Crippen MR) is 95.1 cm³/mol. The van der Waals surface area contributed by atoms with E-state index in [0.29, 0.717) is 0 Å². The van der Waals surface area contributed by atoms with Crippen LogP contribution in [0.25, 0.3) is 0 Å². The fraction of sp³-hybridized carbons (Fsp3) is 0.381. The highest BCUT2D eigenvalue weighted by Crippen LogP contribution is 2.33. The maximum atomic E-state index is 13.2. The molecule has 1 N–H and O–H groups in total. The van der Waals surface area contributed by atoms with Gasteiger partial charge in [0.25, 0.3) is 0 Å². The number of carbonyl (C=O) groups is 1. The van der Waals surface area contributed by atoms with Crippen LogP contribution in [0.2, 0.25) is 0 Å². The Hall–Kier alpha value is -1.84. The number of halogens is 1. The van der Waals surface area contributed by atoms with E-state index in [-0.39, 0.29) is 24.5 Å². The van der Waals surface area contributed by atoms with E-state index < -0.39 is 5.41 Å². The zero-order valence-corrected chi connectivity index (χ0v) is 15.6. The smallest absolute Gasteiger partial charge is 0.321 e. The number of piperidine rings is 1. The van der Waals surface area contributed by atoms with Crippen LogP contribution in [0.3, 0.4) is 0 Å². The van der Waals surface area contributed by atoms with E-state index in [1.165, 1.54) is 4.90 Å². The van der Waals surface area contributed by atoms with E-state index in [4.69, 9.17) is 4.74 Å². The van der Waals surface area contributed by atoms with Crippen molar-refractivity contribution in [2.24, 2.45) is 0 Å². The summed E-state index contributed by atoms with van der Waals surface area (Å²) in [7, 11) is 2.16. The number of esters is 1. The molecular weight excluding hydrogens is 334 g/mol. The topological polar surface area (TPSA) is 30.7 Å². The first kappa shape index (κ1) is 19.5. The fourth-order valence-electron chi connectivity index (χ4n) is 3.54. The van der Waals surface area contributed by atoms with Crippen LogP contribution >= 0.6 is 0 Å². The Labute approximate surface area is 156 Å². The molecule has 2 atom stereocenters. The molecule has 2 aromatic carbocycles. The number of nitrogens with one attached hydrogen (secondary N) is 1. The molecule has 0 saturated carbocycles. The molecule has 4 heteroatoms. The third kappa shape index (κ3) is 4.23. The molecule has 2 unspecified atom stereocenters. The summed E-state index contributed by atoms with van der Waals surface area (Å²) in [6, 6.07) is 19.9. The quantitative estimate of drug-likeness (QED) is 0.726. The van der Waals surface area contributed by atoms with Crippen LogP contribution in [0.15, 0.2) is 60.7 Å². The van der Waals surface area contributed by atoms with Crippen LogP contribution in [-0.4, -0.2) is 32.2 Å². The van der Waals surface area contributed by atoms with Gasteiger partial charge in [0.2, 0.25) is 0 Å². The van der Waals surface area contributed by atoms with Crippen molar-refractivity contribution in [3.05, 3.63) is 71.8 Å². The highest BCUT2D eigenvalue weighted by atomic mass is 35.5. The first-order chi connectivity index (χ1) is 11.6. The summed E-state index contributed by atoms with van der Waals surface area (Å²) in [6.07, 6.45) is 2.08. The number of benzene rings is 2. The molecule has 0 spiro atoms. The van der Waals surface area contributed by atoms with Crippen LogP contribution < -0.4 is 17.3 Å². The molecule has 1 heterocycles. The van der Waals surface area contributed by atoms with E-state index in [1.807, 2.05) is 67.6 Å². The van der Waals surface area contributed by atoms with Gasteiger partial charge < -0.3 is 22.0 Å². The summed E-state index contributed by atoms with van der Waals surface area (Å²) >= 11 is 0. The molecule has 0 amide bonds. The van der Waals surface area contributed by atoms with Crippen LogP contribution in [0, 0.1) is 0 Å². The predicted octanol–water partition coefficient (Wildman–Crippen LogP) is -0.783. The van der Waals surface area contributed by atoms with Crippen molar-refractivity contribution < 1.29 is 26.8 Å². The monoisotopic (exact) mass is 359 g/mol. The number of likely N-dealkylation sites (N-methyl/N-ethyl adjacent to an activating group) is 1. The first-order valence-corrected chi connectivity index (χ1v) is 8.74. The highest BCUT2D eigenvalue weighted by molar-refractivity contribution is 5.87. The molecule has 134 valence electrons. The Morgan fingerprint density at radius 3 is 2.04 bits per heavy atom. The van der Waals surface area contributed by atoms with Gasteiger partial charge in [-0.05, 0) is 24.5 Å². The van der Waals surface area contributed by atoms with Crippen LogP contribution in [0.4, 0.5) is 0 Å². The number of quaternary nitrogens is 1. The van der Waals surface area contributed by atoms with Gasteiger partial charge in [0, 0.05) is 6.42 Å². The average Bonchev–Trinajstić information content (AvgIpc) is 2.62. The third-order valence-corrected chi connectivity index (χ3v) is 5.09. The molecule has 3 rings (SSSR count). The number of ether oxygens (including phenoxy) is 1. The molecule has 0 aromatic heterocycles. The zero-order valence-electron chi connectivity index (χ0n) is 14.9. The Morgan fingerprint density at radius 2 is 1.56 bits per heavy atom. The summed E-state index contributed by atoms with van der Waals surface area (Å²) in [6.45, 7) is 4.02. The highest BCUT2D eigenvalue weighted by Gasteiger charge is 2.40. The second kappa shape index (κ2) is 8.50. The number of likely N-dealkylation sites (tertiary alicyclic amines) is 1. The number of rotatable bonds is 4. The minimum atomic E-state index is -0.784. The molecular formula is C21H26ClNO2. The largest absolute Gasteiger partial charge is 1.00 e. The molecule has 1 aliphatic rings. The van der Waals surface area contributed by atoms with Crippen molar-refractivity contribution >= 4 is 5.97 Å². The molecule has 0 radical (unpaired) electrons. The van der Waals surface area contributed by atoms with Gasteiger partial charge in [0.05, 0.1) is 13.6 Å². The summed E-state index contributed by atoms with van der Waals surface area (Å²) in [5.41, 5.74) is 1.16. The van der Waals surface area contributed by atoms with Gasteiger partial charge in [-0.2, -0.15) is 0 Å². The van der Waals surface area contributed by atoms with Gasteiger partial charge in [-0.1, -0.05) is 60.7 Å². The van der Waals surface area contributed by atoms with Crippen molar-refractivity contribution in [2.45, 2.75) is 31.3 Å². The van der Waals surface area contributed by atoms with E-state index in [9.17, 15) is 4.79 Å². The summed E-state index contributed by atoms with van der Waals surface area (Å²) in [5.74, 6) is -0.153. The van der Waals surface area contributed by atoms with Gasteiger partial charge in [0.1, 0.15) is 12.0 Å². The molecule has 3 nitrogen and oxygen atoms in total. The van der Waals surface area contributed by atoms with Crippen molar-refractivity contribution in [1.82, 2.24) is 0 Å². The lowest BCUT2D eigenvalue weighted by atomic mass is 9.76. The standard InChI is InChI=1S/C21H25NO2.ClH/c1-21(17-10-5-3-6-11-17,18-12-7-4-8-13-18)20(23)24-19-14-9-15-22(2)16-19;/h3-8,10-13,19H,9,14-16H2,1-2H3;1H. The van der Waals surface area contributed by atoms with Gasteiger partial charge in [-0.3, -0.25) is 4.79 Å². The van der Waals surface area contributed by atoms with Crippen LogP contribution in [-0.2, 0) is 14.9 Å². The second-order valence-electron chi connectivity index (χ2n) is 6.94. The lowest BCUT2D eigenvalue weighted by Crippen LogP contribution is -3.11. The molecule has 1 saturated heterocycles. The molecule has 1 aliphatic heterocycles. The van der Waals surface area contributed by atoms with E-state index in [1.54, 1.807) is 0 Å². The Balaban J connectivity index is 0.00000225. The number of carbonyl (C=O) groups excluding carboxylic acids is 1. The fourth-order valence-corrected chi connectivity index (χ4v) is 3.54. The van der Waals surface area contributed by atoms with Gasteiger partial charge in [-0.15, -0.1) is 0 Å². The normalized spacial score (nSPS) is 20.4. The molecule has 25 heavy (non-hydrogen) atoms. The van der Waals surface area contributed by atoms with E-state index in [2.05, 4.69) is 7.05 Å². The van der Waals surface area contributed by atoms with Crippen LogP contribution in [0.5, 0.6) is 0 Å². The molecule has 1 fully saturated rings. The molecule has 2 aromatic rings. The summed E-state index contributed by atoms with van der Waals surface area (Å²) < 4.78 is 5.98. The molecule has 0 bridgehead atoms.